The lowest BCUT2D eigenvalue weighted by Gasteiger charge is -2.36. The van der Waals surface area contributed by atoms with Gasteiger partial charge in [0.15, 0.2) is 16.6 Å². The Labute approximate surface area is 341 Å². The summed E-state index contributed by atoms with van der Waals surface area (Å²) < 4.78 is 184. The van der Waals surface area contributed by atoms with Crippen molar-refractivity contribution in [1.82, 2.24) is 0 Å². The second-order valence-corrected chi connectivity index (χ2v) is 90.4. The average Bonchev–Trinajstić information content (AvgIpc) is 3.12. The van der Waals surface area contributed by atoms with E-state index >= 15 is 0 Å². The molecule has 2 aromatic carbocycles. The molecule has 0 spiro atoms. The zero-order valence-corrected chi connectivity index (χ0v) is 50.0. The molecule has 0 bridgehead atoms. The van der Waals surface area contributed by atoms with Gasteiger partial charge < -0.3 is 74.1 Å². The third kappa shape index (κ3) is 15.5. The van der Waals surface area contributed by atoms with Crippen LogP contribution in [0.25, 0.3) is 0 Å². The van der Waals surface area contributed by atoms with Crippen molar-refractivity contribution in [3.05, 3.63) is 60.7 Å². The van der Waals surface area contributed by atoms with Crippen LogP contribution in [0.1, 0.15) is 0 Å². The van der Waals surface area contributed by atoms with Crippen LogP contribution in [0.3, 0.4) is 0 Å². The van der Waals surface area contributed by atoms with Crippen molar-refractivity contribution >= 4 is 157 Å². The standard InChI is InChI=1S/C20H38O17Si18/c1-52(2,3)33-38-43(24)45(26)47(28)49(30)51(32)50(31)48(29)46(27)44(25)41(22)35-54(7,8)34-39-42(23)40(21)36-55(37-53(4,5)6,19-15-11-9-12-16-19)20-17-13-10-14-18-20/h9-18H,38-39H2,1-8H3. The maximum Gasteiger partial charge on any atom is 0.533 e. The van der Waals surface area contributed by atoms with Crippen molar-refractivity contribution in [3.8, 4) is 0 Å². The van der Waals surface area contributed by atoms with Gasteiger partial charge in [0, 0.05) is 10.4 Å². The van der Waals surface area contributed by atoms with Crippen molar-refractivity contribution in [2.24, 2.45) is 0 Å². The fourth-order valence-corrected chi connectivity index (χ4v) is 142. The molecule has 0 radical (unpaired) electrons. The smallest absolute Gasteiger partial charge is 0.533 e. The van der Waals surface area contributed by atoms with E-state index in [1.807, 2.05) is 19.6 Å². The highest BCUT2D eigenvalue weighted by Gasteiger charge is 2.53. The van der Waals surface area contributed by atoms with Crippen molar-refractivity contribution < 1.29 is 74.1 Å². The zero-order valence-electron chi connectivity index (χ0n) is 31.1. The van der Waals surface area contributed by atoms with Crippen LogP contribution < -0.4 is 10.4 Å². The van der Waals surface area contributed by atoms with Crippen LogP contribution in [-0.4, -0.2) is 146 Å². The lowest BCUT2D eigenvalue weighted by molar-refractivity contribution is 0.387. The van der Waals surface area contributed by atoms with E-state index in [4.69, 9.17) is 20.6 Å². The molecule has 17 nitrogen and oxygen atoms in total. The fourth-order valence-electron chi connectivity index (χ4n) is 4.14. The first kappa shape index (κ1) is 50.6. The molecule has 0 aliphatic heterocycles. The minimum atomic E-state index is -4.04. The van der Waals surface area contributed by atoms with Crippen LogP contribution >= 0.6 is 0 Å². The predicted octanol–water partition coefficient (Wildman–Crippen LogP) is -3.30. The Morgan fingerprint density at radius 1 is 0.418 bits per heavy atom. The maximum absolute atomic E-state index is 13.7. The molecule has 55 heavy (non-hydrogen) atoms. The Morgan fingerprint density at radius 3 is 1.20 bits per heavy atom. The Hall–Kier alpha value is -0.576. The predicted molar refractivity (Wildman–Crippen MR) is 222 cm³/mol. The molecular formula is C20H38O17Si18. The zero-order chi connectivity index (χ0) is 42.1. The quantitative estimate of drug-likeness (QED) is 0.0934. The highest BCUT2D eigenvalue weighted by atomic mass is 30.1. The molecular weight excluding hydrogens is 1020 g/mol. The molecule has 0 unspecified atom stereocenters. The topological polar surface area (TPSA) is 251 Å². The maximum atomic E-state index is 13.7. The Morgan fingerprint density at radius 2 is 0.800 bits per heavy atom. The molecule has 0 heterocycles. The molecule has 0 aromatic heterocycles. The Kier molecular flexibility index (Phi) is 19.9. The van der Waals surface area contributed by atoms with E-state index in [1.165, 1.54) is 13.1 Å². The summed E-state index contributed by atoms with van der Waals surface area (Å²) >= 11 is 0. The summed E-state index contributed by atoms with van der Waals surface area (Å²) in [5.74, 6) is 0. The first-order valence-corrected chi connectivity index (χ1v) is 60.2. The van der Waals surface area contributed by atoms with Crippen LogP contribution in [0.5, 0.6) is 0 Å². The van der Waals surface area contributed by atoms with Gasteiger partial charge in [0.2, 0.25) is 18.6 Å². The van der Waals surface area contributed by atoms with Crippen LogP contribution in [-0.2, 0) is 74.1 Å². The lowest BCUT2D eigenvalue weighted by Crippen LogP contribution is -2.68. The van der Waals surface area contributed by atoms with Crippen molar-refractivity contribution in [2.75, 3.05) is 0 Å². The van der Waals surface area contributed by atoms with Crippen LogP contribution in [0.2, 0.25) is 52.4 Å². The molecule has 2 aromatic rings. The fraction of sp³-hybridized carbons (Fsp3) is 0.400. The minimum Gasteiger partial charge on any atom is -0.558 e. The van der Waals surface area contributed by atoms with Gasteiger partial charge in [-0.15, -0.1) is 0 Å². The second-order valence-electron chi connectivity index (χ2n) is 13.9. The van der Waals surface area contributed by atoms with E-state index < -0.39 is 146 Å². The molecule has 0 aliphatic rings. The van der Waals surface area contributed by atoms with Gasteiger partial charge in [-0.05, 0) is 52.4 Å². The van der Waals surface area contributed by atoms with E-state index in [0.717, 1.165) is 0 Å². The van der Waals surface area contributed by atoms with Crippen LogP contribution in [0.4, 0.5) is 0 Å². The molecule has 0 saturated carbocycles. The molecule has 35 heteroatoms. The summed E-state index contributed by atoms with van der Waals surface area (Å²) in [6.07, 6.45) is 0. The first-order chi connectivity index (χ1) is 25.2. The van der Waals surface area contributed by atoms with E-state index in [1.54, 1.807) is 80.3 Å². The molecule has 0 atom stereocenters. The summed E-state index contributed by atoms with van der Waals surface area (Å²) in [7, 11) is -60.3. The van der Waals surface area contributed by atoms with Gasteiger partial charge in [-0.25, -0.2) is 0 Å². The minimum absolute atomic E-state index is 0.656. The number of benzene rings is 2. The molecule has 0 fully saturated rings. The molecule has 0 amide bonds. The molecule has 2 rings (SSSR count). The van der Waals surface area contributed by atoms with E-state index in [-0.39, 0.29) is 0 Å². The van der Waals surface area contributed by atoms with Gasteiger partial charge in [-0.2, -0.15) is 0 Å². The summed E-state index contributed by atoms with van der Waals surface area (Å²) in [6.45, 7) is 13.9. The largest absolute Gasteiger partial charge is 0.558 e. The van der Waals surface area contributed by atoms with Gasteiger partial charge in [-0.3, -0.25) is 0 Å². The molecule has 0 saturated heterocycles. The summed E-state index contributed by atoms with van der Waals surface area (Å²) in [6, 6.07) is 17.9. The normalized spacial score (nSPS) is 12.2. The third-order valence-corrected chi connectivity index (χ3v) is 108. The van der Waals surface area contributed by atoms with Crippen molar-refractivity contribution in [3.63, 3.8) is 0 Å². The number of rotatable bonds is 24. The molecule has 292 valence electrons. The molecule has 0 aliphatic carbocycles. The Balaban J connectivity index is 2.11. The lowest BCUT2D eigenvalue weighted by atomic mass is 10.4. The van der Waals surface area contributed by atoms with Gasteiger partial charge in [0.1, 0.15) is 0 Å². The SMILES string of the molecule is C[Si](C)(C)O[SiH2][Si](=O)[Si](=O)[Si](=O)[Si](=O)[Si](=O)[Si](=O)[Si](=O)[Si](=O)[Si](=O)[Si](=O)O[Si](C)(C)O[SiH2][Si](=O)[Si](=O)O[Si](O[Si](C)(C)C)(c1ccccc1)c1ccccc1. The van der Waals surface area contributed by atoms with E-state index in [2.05, 4.69) is 0 Å². The van der Waals surface area contributed by atoms with Crippen molar-refractivity contribution in [2.45, 2.75) is 52.4 Å². The third-order valence-electron chi connectivity index (χ3n) is 6.63. The number of hydrogen-bond acceptors (Lipinski definition) is 17. The second kappa shape index (κ2) is 21.6. The van der Waals surface area contributed by atoms with Crippen LogP contribution in [0, 0.1) is 0 Å². The van der Waals surface area contributed by atoms with Gasteiger partial charge >= 0.3 is 111 Å². The Bertz CT molecular complexity index is 1920. The van der Waals surface area contributed by atoms with E-state index in [0.29, 0.717) is 10.4 Å². The van der Waals surface area contributed by atoms with Gasteiger partial charge in [0.25, 0.3) is 0 Å². The highest BCUT2D eigenvalue weighted by Crippen LogP contribution is 2.17. The monoisotopic (exact) mass is 1050 g/mol. The highest BCUT2D eigenvalue weighted by molar-refractivity contribution is 7.77. The number of hydrogen-bond donors (Lipinski definition) is 0. The van der Waals surface area contributed by atoms with Gasteiger partial charge in [0.05, 0.1) is 0 Å². The summed E-state index contributed by atoms with van der Waals surface area (Å²) in [5, 5.41) is 1.31. The van der Waals surface area contributed by atoms with Gasteiger partial charge in [-0.1, -0.05) is 60.7 Å². The molecule has 0 N–H and O–H groups in total. The summed E-state index contributed by atoms with van der Waals surface area (Å²) in [4.78, 5) is 0. The van der Waals surface area contributed by atoms with Crippen molar-refractivity contribution in [1.29, 1.82) is 0 Å². The van der Waals surface area contributed by atoms with Crippen LogP contribution in [0.15, 0.2) is 60.7 Å². The summed E-state index contributed by atoms with van der Waals surface area (Å²) in [5.41, 5.74) is 0. The van der Waals surface area contributed by atoms with E-state index in [9.17, 15) is 53.5 Å². The first-order valence-electron chi connectivity index (χ1n) is 16.2. The average molecular weight is 1060 g/mol.